The molecule has 3 amide bonds. The molecule has 1 saturated heterocycles. The van der Waals surface area contributed by atoms with Crippen LogP contribution in [-0.4, -0.2) is 77.1 Å². The lowest BCUT2D eigenvalue weighted by molar-refractivity contribution is -0.133. The summed E-state index contributed by atoms with van der Waals surface area (Å²) < 4.78 is 13.1. The third-order valence-corrected chi connectivity index (χ3v) is 7.84. The van der Waals surface area contributed by atoms with Crippen LogP contribution in [0.25, 0.3) is 10.9 Å². The lowest BCUT2D eigenvalue weighted by Gasteiger charge is -2.39. The minimum atomic E-state index is -0.781. The van der Waals surface area contributed by atoms with Gasteiger partial charge in [-0.05, 0) is 62.1 Å². The Kier molecular flexibility index (Phi) is 6.02. The van der Waals surface area contributed by atoms with Crippen molar-refractivity contribution < 1.29 is 18.8 Å². The van der Waals surface area contributed by atoms with Gasteiger partial charge >= 0.3 is 0 Å². The highest BCUT2D eigenvalue weighted by atomic mass is 19.1. The molecule has 0 aliphatic carbocycles. The van der Waals surface area contributed by atoms with E-state index in [0.29, 0.717) is 31.5 Å². The molecule has 36 heavy (non-hydrogen) atoms. The Hall–Kier alpha value is -3.75. The summed E-state index contributed by atoms with van der Waals surface area (Å²) in [5, 5.41) is 7.78. The van der Waals surface area contributed by atoms with E-state index in [9.17, 15) is 18.8 Å². The van der Waals surface area contributed by atoms with Gasteiger partial charge in [0.25, 0.3) is 5.91 Å². The monoisotopic (exact) mass is 491 g/mol. The van der Waals surface area contributed by atoms with E-state index in [1.165, 1.54) is 4.90 Å². The molecule has 0 bridgehead atoms. The van der Waals surface area contributed by atoms with Crippen LogP contribution in [-0.2, 0) is 15.0 Å². The zero-order valence-electron chi connectivity index (χ0n) is 20.8. The molecule has 2 aliphatic heterocycles. The van der Waals surface area contributed by atoms with Crippen LogP contribution in [0.4, 0.5) is 10.1 Å². The van der Waals surface area contributed by atoms with E-state index >= 15 is 0 Å². The number of likely N-dealkylation sites (tertiary alicyclic amines) is 1. The second-order valence-corrected chi connectivity index (χ2v) is 9.91. The van der Waals surface area contributed by atoms with Gasteiger partial charge < -0.3 is 14.7 Å². The van der Waals surface area contributed by atoms with E-state index in [4.69, 9.17) is 0 Å². The maximum absolute atomic E-state index is 13.9. The smallest absolute Gasteiger partial charge is 0.253 e. The Balaban J connectivity index is 1.39. The number of halogens is 1. The van der Waals surface area contributed by atoms with Crippen molar-refractivity contribution in [3.63, 3.8) is 0 Å². The lowest BCUT2D eigenvalue weighted by atomic mass is 9.72. The molecule has 0 unspecified atom stereocenters. The summed E-state index contributed by atoms with van der Waals surface area (Å²) in [7, 11) is 1.56. The summed E-state index contributed by atoms with van der Waals surface area (Å²) in [4.78, 5) is 44.8. The van der Waals surface area contributed by atoms with Gasteiger partial charge in [0.2, 0.25) is 11.8 Å². The molecule has 0 radical (unpaired) electrons. The Bertz CT molecular complexity index is 1340. The molecule has 2 aliphatic rings. The zero-order valence-corrected chi connectivity index (χ0v) is 20.8. The highest BCUT2D eigenvalue weighted by molar-refractivity contribution is 6.11. The first-order chi connectivity index (χ1) is 17.3. The van der Waals surface area contributed by atoms with Crippen molar-refractivity contribution in [3.8, 4) is 0 Å². The van der Waals surface area contributed by atoms with Gasteiger partial charge in [-0.15, -0.1) is 0 Å². The second-order valence-electron chi connectivity index (χ2n) is 9.91. The van der Waals surface area contributed by atoms with Crippen molar-refractivity contribution in [3.05, 3.63) is 59.3 Å². The van der Waals surface area contributed by atoms with Gasteiger partial charge in [0.05, 0.1) is 23.2 Å². The Morgan fingerprint density at radius 2 is 1.97 bits per heavy atom. The lowest BCUT2D eigenvalue weighted by Crippen LogP contribution is -2.52. The van der Waals surface area contributed by atoms with E-state index in [-0.39, 0.29) is 24.3 Å². The molecule has 0 saturated carbocycles. The number of amides is 3. The van der Waals surface area contributed by atoms with Crippen LogP contribution in [0.15, 0.2) is 42.6 Å². The fourth-order valence-corrected chi connectivity index (χ4v) is 5.54. The average molecular weight is 492 g/mol. The number of benzene rings is 2. The van der Waals surface area contributed by atoms with Crippen LogP contribution in [0.2, 0.25) is 0 Å². The number of hydrogen-bond acceptors (Lipinski definition) is 4. The predicted octanol–water partition coefficient (Wildman–Crippen LogP) is 3.21. The van der Waals surface area contributed by atoms with E-state index < -0.39 is 18.1 Å². The molecule has 1 fully saturated rings. The SMILES string of the molecule is Cc1cccc2c1C1(CCN(C(=O)c3ccc4[nH]ncc4c3)CC1)C(=O)N2CC(=O)N(C)[C@@H](C)CF. The Labute approximate surface area is 209 Å². The normalized spacial score (nSPS) is 17.5. The molecule has 9 heteroatoms. The van der Waals surface area contributed by atoms with Crippen LogP contribution in [0.3, 0.4) is 0 Å². The standard InChI is InChI=1S/C27H30FN5O3/c1-17-5-4-6-22-24(17)27(26(36)33(22)16-23(34)31(3)18(2)14-28)9-11-32(12-10-27)25(35)19-7-8-21-20(13-19)15-29-30-21/h4-8,13,15,18H,9-12,14,16H2,1-3H3,(H,29,30)/t18-/m0/s1. The van der Waals surface area contributed by atoms with Crippen LogP contribution in [0.1, 0.15) is 41.3 Å². The number of aromatic amines is 1. The first kappa shape index (κ1) is 24.0. The quantitative estimate of drug-likeness (QED) is 0.594. The Morgan fingerprint density at radius 1 is 1.22 bits per heavy atom. The van der Waals surface area contributed by atoms with Crippen molar-refractivity contribution in [1.29, 1.82) is 0 Å². The zero-order chi connectivity index (χ0) is 25.6. The summed E-state index contributed by atoms with van der Waals surface area (Å²) >= 11 is 0. The number of aryl methyl sites for hydroxylation is 1. The second kappa shape index (κ2) is 9.04. The highest BCUT2D eigenvalue weighted by Crippen LogP contribution is 2.49. The van der Waals surface area contributed by atoms with Crippen molar-refractivity contribution >= 4 is 34.3 Å². The van der Waals surface area contributed by atoms with Gasteiger partial charge in [-0.1, -0.05) is 12.1 Å². The van der Waals surface area contributed by atoms with Crippen LogP contribution >= 0.6 is 0 Å². The molecule has 2 aromatic carbocycles. The van der Waals surface area contributed by atoms with E-state index in [1.54, 1.807) is 36.0 Å². The third kappa shape index (κ3) is 3.73. The summed E-state index contributed by atoms with van der Waals surface area (Å²) in [5.41, 5.74) is 3.35. The van der Waals surface area contributed by atoms with Gasteiger partial charge in [-0.25, -0.2) is 4.39 Å². The number of piperidine rings is 1. The molecule has 5 rings (SSSR count). The number of carbonyl (C=O) groups excluding carboxylic acids is 3. The first-order valence-corrected chi connectivity index (χ1v) is 12.2. The molecule has 1 aromatic heterocycles. The number of alkyl halides is 1. The van der Waals surface area contributed by atoms with E-state index in [0.717, 1.165) is 27.7 Å². The number of hydrogen-bond donors (Lipinski definition) is 1. The number of aromatic nitrogens is 2. The van der Waals surface area contributed by atoms with Crippen molar-refractivity contribution in [2.24, 2.45) is 0 Å². The number of rotatable bonds is 5. The summed E-state index contributed by atoms with van der Waals surface area (Å²) in [6.45, 7) is 3.71. The summed E-state index contributed by atoms with van der Waals surface area (Å²) in [5.74, 6) is -0.495. The molecule has 3 aromatic rings. The summed E-state index contributed by atoms with van der Waals surface area (Å²) in [6.07, 6.45) is 2.64. The van der Waals surface area contributed by atoms with Gasteiger partial charge in [0, 0.05) is 36.8 Å². The number of carbonyl (C=O) groups is 3. The minimum Gasteiger partial charge on any atom is -0.339 e. The molecule has 3 heterocycles. The van der Waals surface area contributed by atoms with Crippen molar-refractivity contribution in [2.45, 2.75) is 38.1 Å². The van der Waals surface area contributed by atoms with Crippen LogP contribution < -0.4 is 4.90 Å². The van der Waals surface area contributed by atoms with E-state index in [1.807, 2.05) is 37.3 Å². The molecule has 1 N–H and O–H groups in total. The van der Waals surface area contributed by atoms with Crippen molar-refractivity contribution in [2.75, 3.05) is 38.3 Å². The predicted molar refractivity (Wildman–Crippen MR) is 135 cm³/mol. The molecule has 8 nitrogen and oxygen atoms in total. The molecule has 1 atom stereocenters. The van der Waals surface area contributed by atoms with Gasteiger partial charge in [-0.3, -0.25) is 19.5 Å². The number of H-pyrrole nitrogens is 1. The van der Waals surface area contributed by atoms with Crippen LogP contribution in [0.5, 0.6) is 0 Å². The number of nitrogens with one attached hydrogen (secondary N) is 1. The maximum atomic E-state index is 13.9. The highest BCUT2D eigenvalue weighted by Gasteiger charge is 2.53. The average Bonchev–Trinajstić information content (AvgIpc) is 3.45. The number of likely N-dealkylation sites (N-methyl/N-ethyl adjacent to an activating group) is 1. The van der Waals surface area contributed by atoms with Gasteiger partial charge in [-0.2, -0.15) is 5.10 Å². The van der Waals surface area contributed by atoms with E-state index in [2.05, 4.69) is 10.2 Å². The van der Waals surface area contributed by atoms with Crippen LogP contribution in [0, 0.1) is 6.92 Å². The Morgan fingerprint density at radius 3 is 2.69 bits per heavy atom. The van der Waals surface area contributed by atoms with Crippen molar-refractivity contribution in [1.82, 2.24) is 20.0 Å². The molecule has 1 spiro atoms. The molecular weight excluding hydrogens is 461 g/mol. The fourth-order valence-electron chi connectivity index (χ4n) is 5.54. The van der Waals surface area contributed by atoms with Gasteiger partial charge in [0.1, 0.15) is 13.2 Å². The molecular formula is C27H30FN5O3. The largest absolute Gasteiger partial charge is 0.339 e. The fraction of sp³-hybridized carbons (Fsp3) is 0.407. The first-order valence-electron chi connectivity index (χ1n) is 12.2. The number of anilines is 1. The number of nitrogens with zero attached hydrogens (tertiary/aromatic N) is 4. The maximum Gasteiger partial charge on any atom is 0.253 e. The topological polar surface area (TPSA) is 89.6 Å². The van der Waals surface area contributed by atoms with Gasteiger partial charge in [0.15, 0.2) is 0 Å². The summed E-state index contributed by atoms with van der Waals surface area (Å²) in [6, 6.07) is 10.6. The minimum absolute atomic E-state index is 0.0720. The molecule has 188 valence electrons. The number of fused-ring (bicyclic) bond motifs is 3. The third-order valence-electron chi connectivity index (χ3n) is 7.84.